The maximum absolute atomic E-state index is 12.5. The summed E-state index contributed by atoms with van der Waals surface area (Å²) in [5, 5.41) is 0. The van der Waals surface area contributed by atoms with Crippen LogP contribution in [0.25, 0.3) is 5.57 Å². The lowest BCUT2D eigenvalue weighted by molar-refractivity contribution is -0.114. The minimum Gasteiger partial charge on any atom is -0.440 e. The van der Waals surface area contributed by atoms with Gasteiger partial charge in [0.05, 0.1) is 12.9 Å². The van der Waals surface area contributed by atoms with Gasteiger partial charge in [0, 0.05) is 31.4 Å². The van der Waals surface area contributed by atoms with E-state index in [2.05, 4.69) is 9.97 Å². The summed E-state index contributed by atoms with van der Waals surface area (Å²) in [6.45, 7) is 0.0916. The van der Waals surface area contributed by atoms with Gasteiger partial charge in [0.15, 0.2) is 0 Å². The minimum atomic E-state index is -3.97. The molecule has 0 bridgehead atoms. The number of nitrogens with zero attached hydrogens (tertiary/aromatic N) is 1. The number of nitrogens with one attached hydrogen (secondary N) is 3. The number of ether oxygens (including phenoxy) is 2. The van der Waals surface area contributed by atoms with Crippen LogP contribution in [0.4, 0.5) is 0 Å². The van der Waals surface area contributed by atoms with Gasteiger partial charge >= 0.3 is 10.2 Å². The molecule has 0 aliphatic carbocycles. The molecule has 0 atom stereocenters. The van der Waals surface area contributed by atoms with E-state index in [9.17, 15) is 13.2 Å². The normalized spacial score (nSPS) is 11.9. The molecule has 2 rings (SSSR count). The van der Waals surface area contributed by atoms with Crippen molar-refractivity contribution >= 4 is 33.9 Å². The smallest absolute Gasteiger partial charge is 0.301 e. The van der Waals surface area contributed by atoms with E-state index in [-0.39, 0.29) is 12.2 Å². The first-order valence-electron chi connectivity index (χ1n) is 7.63. The van der Waals surface area contributed by atoms with Crippen molar-refractivity contribution in [3.63, 3.8) is 0 Å². The number of amides is 1. The van der Waals surface area contributed by atoms with Crippen LogP contribution in [0.5, 0.6) is 11.6 Å². The number of carbonyl (C=O) groups is 1. The Morgan fingerprint density at radius 1 is 1.37 bits per heavy atom. The second kappa shape index (κ2) is 9.37. The molecule has 2 aromatic rings. The average Bonchev–Trinajstić information content (AvgIpc) is 2.63. The lowest BCUT2D eigenvalue weighted by Crippen LogP contribution is -2.38. The summed E-state index contributed by atoms with van der Waals surface area (Å²) in [6.07, 6.45) is 2.84. The van der Waals surface area contributed by atoms with Gasteiger partial charge in [-0.3, -0.25) is 4.79 Å². The van der Waals surface area contributed by atoms with Gasteiger partial charge in [0.2, 0.25) is 5.88 Å². The van der Waals surface area contributed by atoms with E-state index >= 15 is 0 Å². The van der Waals surface area contributed by atoms with Crippen molar-refractivity contribution in [2.45, 2.75) is 0 Å². The largest absolute Gasteiger partial charge is 0.440 e. The van der Waals surface area contributed by atoms with Crippen LogP contribution < -0.4 is 14.2 Å². The summed E-state index contributed by atoms with van der Waals surface area (Å²) in [7, 11) is -1.33. The fourth-order valence-corrected chi connectivity index (χ4v) is 2.64. The van der Waals surface area contributed by atoms with Crippen molar-refractivity contribution in [1.82, 2.24) is 19.4 Å². The first-order valence-corrected chi connectivity index (χ1v) is 9.52. The molecule has 0 aliphatic rings. The van der Waals surface area contributed by atoms with Gasteiger partial charge in [-0.1, -0.05) is 30.4 Å². The summed E-state index contributed by atoms with van der Waals surface area (Å²) in [5.74, 6) is -0.203. The van der Waals surface area contributed by atoms with Gasteiger partial charge in [0.25, 0.3) is 5.91 Å². The third-order valence-electron chi connectivity index (χ3n) is 3.24. The van der Waals surface area contributed by atoms with Crippen LogP contribution in [0.3, 0.4) is 0 Å². The van der Waals surface area contributed by atoms with Crippen LogP contribution in [0, 0.1) is 4.64 Å². The number of aromatic nitrogens is 2. The van der Waals surface area contributed by atoms with Gasteiger partial charge in [-0.2, -0.15) is 8.42 Å². The first-order chi connectivity index (χ1) is 12.9. The van der Waals surface area contributed by atoms with Crippen LogP contribution in [-0.4, -0.2) is 45.1 Å². The molecule has 1 aromatic heterocycles. The van der Waals surface area contributed by atoms with E-state index in [1.807, 2.05) is 9.44 Å². The molecule has 0 radical (unpaired) electrons. The predicted molar refractivity (Wildman–Crippen MR) is 102 cm³/mol. The van der Waals surface area contributed by atoms with Crippen molar-refractivity contribution < 1.29 is 22.7 Å². The number of para-hydroxylation sites is 1. The van der Waals surface area contributed by atoms with E-state index < -0.39 is 16.1 Å². The molecule has 1 amide bonds. The van der Waals surface area contributed by atoms with Gasteiger partial charge < -0.3 is 14.5 Å². The SMILES string of the molecule is CNS(=O)(=O)NC(=O)/C(=C/COC)c1ccccc1Oc1cc(=S)nc[nH]1. The second-order valence-electron chi connectivity index (χ2n) is 5.06. The zero-order chi connectivity index (χ0) is 19.9. The predicted octanol–water partition coefficient (Wildman–Crippen LogP) is 1.54. The highest BCUT2D eigenvalue weighted by molar-refractivity contribution is 7.88. The van der Waals surface area contributed by atoms with Crippen molar-refractivity contribution in [1.29, 1.82) is 0 Å². The van der Waals surface area contributed by atoms with Crippen LogP contribution in [0.1, 0.15) is 5.56 Å². The number of hydrogen-bond acceptors (Lipinski definition) is 7. The molecule has 0 aliphatic heterocycles. The second-order valence-corrected chi connectivity index (χ2v) is 7.10. The first kappa shape index (κ1) is 20.7. The van der Waals surface area contributed by atoms with E-state index in [4.69, 9.17) is 21.7 Å². The zero-order valence-corrected chi connectivity index (χ0v) is 16.2. The highest BCUT2D eigenvalue weighted by atomic mass is 32.2. The summed E-state index contributed by atoms with van der Waals surface area (Å²) >= 11 is 5.00. The summed E-state index contributed by atoms with van der Waals surface area (Å²) in [5.41, 5.74) is 0.438. The fraction of sp³-hybridized carbons (Fsp3) is 0.188. The summed E-state index contributed by atoms with van der Waals surface area (Å²) in [6, 6.07) is 8.17. The Morgan fingerprint density at radius 2 is 2.11 bits per heavy atom. The lowest BCUT2D eigenvalue weighted by atomic mass is 10.0. The molecular formula is C16H18N4O5S2. The van der Waals surface area contributed by atoms with E-state index in [1.165, 1.54) is 32.6 Å². The summed E-state index contributed by atoms with van der Waals surface area (Å²) < 4.78 is 38.4. The number of methoxy groups -OCH3 is 1. The number of carbonyl (C=O) groups excluding carboxylic acids is 1. The number of hydrogen-bond donors (Lipinski definition) is 3. The topological polar surface area (TPSA) is 122 Å². The van der Waals surface area contributed by atoms with Gasteiger partial charge in [-0.25, -0.2) is 14.4 Å². The van der Waals surface area contributed by atoms with Crippen LogP contribution in [-0.2, 0) is 19.7 Å². The average molecular weight is 410 g/mol. The van der Waals surface area contributed by atoms with Crippen molar-refractivity contribution in [2.24, 2.45) is 0 Å². The fourth-order valence-electron chi connectivity index (χ4n) is 2.03. The quantitative estimate of drug-likeness (QED) is 0.446. The molecule has 3 N–H and O–H groups in total. The molecule has 0 fully saturated rings. The standard InChI is InChI=1S/C16H18N4O5S2/c1-17-27(22,23)20-16(21)12(7-8-24-2)11-5-3-4-6-13(11)25-14-9-15(26)19-10-18-14/h3-7,9-10,17H,8H2,1-2H3,(H,20,21)(H,18,19,26)/b12-7+. The molecule has 0 saturated carbocycles. The van der Waals surface area contributed by atoms with Gasteiger partial charge in [0.1, 0.15) is 10.4 Å². The highest BCUT2D eigenvalue weighted by Gasteiger charge is 2.20. The molecule has 0 spiro atoms. The Bertz CT molecular complexity index is 1000. The number of benzene rings is 1. The molecular weight excluding hydrogens is 392 g/mol. The molecule has 0 saturated heterocycles. The monoisotopic (exact) mass is 410 g/mol. The molecule has 0 unspecified atom stereocenters. The van der Waals surface area contributed by atoms with Gasteiger partial charge in [-0.15, -0.1) is 0 Å². The Labute approximate surface area is 161 Å². The van der Waals surface area contributed by atoms with Gasteiger partial charge in [-0.05, 0) is 12.1 Å². The van der Waals surface area contributed by atoms with Crippen molar-refractivity contribution in [2.75, 3.05) is 20.8 Å². The number of rotatable bonds is 8. The molecule has 27 heavy (non-hydrogen) atoms. The maximum Gasteiger partial charge on any atom is 0.301 e. The van der Waals surface area contributed by atoms with E-state index in [0.717, 1.165) is 0 Å². The van der Waals surface area contributed by atoms with E-state index in [0.29, 0.717) is 21.8 Å². The van der Waals surface area contributed by atoms with Crippen molar-refractivity contribution in [3.8, 4) is 11.6 Å². The molecule has 9 nitrogen and oxygen atoms in total. The van der Waals surface area contributed by atoms with Crippen LogP contribution >= 0.6 is 12.2 Å². The Kier molecular flexibility index (Phi) is 7.19. The molecule has 1 heterocycles. The molecule has 144 valence electrons. The Balaban J connectivity index is 2.44. The molecule has 11 heteroatoms. The maximum atomic E-state index is 12.5. The molecule has 1 aromatic carbocycles. The third kappa shape index (κ3) is 5.96. The lowest BCUT2D eigenvalue weighted by Gasteiger charge is -2.14. The third-order valence-corrected chi connectivity index (χ3v) is 4.46. The Hall–Kier alpha value is -2.60. The van der Waals surface area contributed by atoms with Crippen LogP contribution in [0.2, 0.25) is 0 Å². The number of H-pyrrole nitrogens is 1. The Morgan fingerprint density at radius 3 is 2.78 bits per heavy atom. The van der Waals surface area contributed by atoms with Crippen LogP contribution in [0.15, 0.2) is 42.7 Å². The zero-order valence-electron chi connectivity index (χ0n) is 14.6. The number of aromatic amines is 1. The minimum absolute atomic E-state index is 0.0685. The van der Waals surface area contributed by atoms with E-state index in [1.54, 1.807) is 24.3 Å². The van der Waals surface area contributed by atoms with Crippen molar-refractivity contribution in [3.05, 3.63) is 52.9 Å². The highest BCUT2D eigenvalue weighted by Crippen LogP contribution is 2.29. The summed E-state index contributed by atoms with van der Waals surface area (Å²) in [4.78, 5) is 19.2.